The molecule has 6 heteroatoms. The average Bonchev–Trinajstić information content (AvgIpc) is 2.86. The van der Waals surface area contributed by atoms with E-state index in [0.717, 1.165) is 16.3 Å². The summed E-state index contributed by atoms with van der Waals surface area (Å²) in [6, 6.07) is 5.74. The van der Waals surface area contributed by atoms with E-state index in [0.29, 0.717) is 10.5 Å². The number of hydrogen-bond acceptors (Lipinski definition) is 3. The second kappa shape index (κ2) is 6.45. The van der Waals surface area contributed by atoms with Crippen LogP contribution in [0.4, 0.5) is 0 Å². The zero-order chi connectivity index (χ0) is 14.7. The number of aromatic nitrogens is 2. The summed E-state index contributed by atoms with van der Waals surface area (Å²) in [6.07, 6.45) is 3.68. The molecule has 0 aliphatic carbocycles. The van der Waals surface area contributed by atoms with Crippen LogP contribution in [0.5, 0.6) is 0 Å². The van der Waals surface area contributed by atoms with E-state index in [9.17, 15) is 4.79 Å². The molecule has 0 fully saturated rings. The highest BCUT2D eigenvalue weighted by Crippen LogP contribution is 2.28. The van der Waals surface area contributed by atoms with Crippen LogP contribution in [0.3, 0.4) is 0 Å². The van der Waals surface area contributed by atoms with Crippen molar-refractivity contribution in [3.8, 4) is 0 Å². The van der Waals surface area contributed by atoms with Crippen molar-refractivity contribution in [2.24, 2.45) is 0 Å². The monoisotopic (exact) mass is 354 g/mol. The summed E-state index contributed by atoms with van der Waals surface area (Å²) < 4.78 is 2.71. The number of carboxylic acids is 1. The lowest BCUT2D eigenvalue weighted by atomic mass is 10.2. The number of thioether (sulfide) groups is 1. The van der Waals surface area contributed by atoms with Gasteiger partial charge in [-0.1, -0.05) is 0 Å². The molecule has 0 unspecified atom stereocenters. The fourth-order valence-corrected chi connectivity index (χ4v) is 3.14. The van der Waals surface area contributed by atoms with Crippen LogP contribution in [-0.2, 0) is 5.75 Å². The summed E-state index contributed by atoms with van der Waals surface area (Å²) in [5.41, 5.74) is 1.41. The summed E-state index contributed by atoms with van der Waals surface area (Å²) in [4.78, 5) is 16.2. The van der Waals surface area contributed by atoms with Crippen molar-refractivity contribution in [2.75, 3.05) is 0 Å². The van der Waals surface area contributed by atoms with Crippen molar-refractivity contribution in [2.45, 2.75) is 30.5 Å². The normalized spacial score (nSPS) is 11.0. The molecule has 0 atom stereocenters. The van der Waals surface area contributed by atoms with Crippen molar-refractivity contribution < 1.29 is 9.90 Å². The van der Waals surface area contributed by atoms with Crippen molar-refractivity contribution in [3.63, 3.8) is 0 Å². The number of aromatic carboxylic acids is 1. The van der Waals surface area contributed by atoms with Gasteiger partial charge in [-0.3, -0.25) is 0 Å². The summed E-state index contributed by atoms with van der Waals surface area (Å²) >= 11 is 4.85. The summed E-state index contributed by atoms with van der Waals surface area (Å²) in [5, 5.41) is 9.11. The number of benzene rings is 1. The molecule has 106 valence electrons. The van der Waals surface area contributed by atoms with E-state index in [4.69, 9.17) is 5.11 Å². The fourth-order valence-electron chi connectivity index (χ4n) is 1.82. The summed E-state index contributed by atoms with van der Waals surface area (Å²) in [6.45, 7) is 4.22. The maximum atomic E-state index is 11.1. The van der Waals surface area contributed by atoms with Crippen LogP contribution in [0.15, 0.2) is 40.1 Å². The number of nitrogens with zero attached hydrogens (tertiary/aromatic N) is 2. The van der Waals surface area contributed by atoms with Gasteiger partial charge in [-0.25, -0.2) is 9.78 Å². The van der Waals surface area contributed by atoms with E-state index in [1.807, 2.05) is 18.6 Å². The van der Waals surface area contributed by atoms with Crippen molar-refractivity contribution in [1.82, 2.24) is 9.55 Å². The predicted molar refractivity (Wildman–Crippen MR) is 83.3 cm³/mol. The topological polar surface area (TPSA) is 55.1 Å². The van der Waals surface area contributed by atoms with Crippen LogP contribution in [0, 0.1) is 0 Å². The Hall–Kier alpha value is -1.27. The number of imidazole rings is 1. The first-order valence-corrected chi connectivity index (χ1v) is 7.93. The quantitative estimate of drug-likeness (QED) is 0.816. The van der Waals surface area contributed by atoms with Gasteiger partial charge in [-0.2, -0.15) is 0 Å². The third-order valence-corrected chi connectivity index (χ3v) is 4.58. The maximum absolute atomic E-state index is 11.1. The molecule has 0 bridgehead atoms. The molecular formula is C14H15BrN2O2S. The minimum atomic E-state index is -0.924. The fraction of sp³-hybridized carbons (Fsp3) is 0.286. The van der Waals surface area contributed by atoms with E-state index in [2.05, 4.69) is 39.3 Å². The van der Waals surface area contributed by atoms with Gasteiger partial charge in [-0.05, 0) is 48.0 Å². The molecule has 0 aliphatic rings. The first-order chi connectivity index (χ1) is 9.49. The molecule has 0 saturated carbocycles. The Bertz CT molecular complexity index is 625. The molecule has 1 N–H and O–H groups in total. The van der Waals surface area contributed by atoms with Crippen LogP contribution in [0.25, 0.3) is 0 Å². The van der Waals surface area contributed by atoms with E-state index >= 15 is 0 Å². The SMILES string of the molecule is CC(C)n1cncc1CSc1ccc(Br)c(C(=O)O)c1. The molecule has 1 aromatic carbocycles. The van der Waals surface area contributed by atoms with Gasteiger partial charge in [0.15, 0.2) is 0 Å². The standard InChI is InChI=1S/C14H15BrN2O2S/c1-9(2)17-8-16-6-10(17)7-20-11-3-4-13(15)12(5-11)14(18)19/h3-6,8-9H,7H2,1-2H3,(H,18,19). The smallest absolute Gasteiger partial charge is 0.336 e. The van der Waals surface area contributed by atoms with Crippen LogP contribution < -0.4 is 0 Å². The van der Waals surface area contributed by atoms with Crippen molar-refractivity contribution in [3.05, 3.63) is 46.5 Å². The first kappa shape index (κ1) is 15.1. The predicted octanol–water partition coefficient (Wildman–Crippen LogP) is 4.22. The largest absolute Gasteiger partial charge is 0.478 e. The van der Waals surface area contributed by atoms with Gasteiger partial charge in [0.2, 0.25) is 0 Å². The Morgan fingerprint density at radius 2 is 2.25 bits per heavy atom. The van der Waals surface area contributed by atoms with Crippen LogP contribution in [-0.4, -0.2) is 20.6 Å². The van der Waals surface area contributed by atoms with Crippen molar-refractivity contribution in [1.29, 1.82) is 0 Å². The Morgan fingerprint density at radius 3 is 2.90 bits per heavy atom. The third kappa shape index (κ3) is 3.43. The highest BCUT2D eigenvalue weighted by molar-refractivity contribution is 9.10. The summed E-state index contributed by atoms with van der Waals surface area (Å²) in [7, 11) is 0. The molecule has 1 heterocycles. The molecule has 0 spiro atoms. The molecule has 0 radical (unpaired) electrons. The zero-order valence-electron chi connectivity index (χ0n) is 11.2. The first-order valence-electron chi connectivity index (χ1n) is 6.15. The van der Waals surface area contributed by atoms with Gasteiger partial charge in [0, 0.05) is 33.1 Å². The maximum Gasteiger partial charge on any atom is 0.336 e. The molecule has 0 aliphatic heterocycles. The molecular weight excluding hydrogens is 340 g/mol. The number of halogens is 1. The van der Waals surface area contributed by atoms with E-state index < -0.39 is 5.97 Å². The molecule has 2 rings (SSSR count). The van der Waals surface area contributed by atoms with Gasteiger partial charge >= 0.3 is 5.97 Å². The average molecular weight is 355 g/mol. The lowest BCUT2D eigenvalue weighted by molar-refractivity contribution is 0.0695. The van der Waals surface area contributed by atoms with Gasteiger partial charge in [0.1, 0.15) is 0 Å². The van der Waals surface area contributed by atoms with E-state index in [1.165, 1.54) is 0 Å². The Kier molecular flexibility index (Phi) is 4.88. The van der Waals surface area contributed by atoms with Crippen LogP contribution in [0.1, 0.15) is 35.9 Å². The summed E-state index contributed by atoms with van der Waals surface area (Å²) in [5.74, 6) is -0.162. The Morgan fingerprint density at radius 1 is 1.50 bits per heavy atom. The number of hydrogen-bond donors (Lipinski definition) is 1. The van der Waals surface area contributed by atoms with Gasteiger partial charge in [0.05, 0.1) is 11.9 Å². The van der Waals surface area contributed by atoms with Gasteiger partial charge in [0.25, 0.3) is 0 Å². The van der Waals surface area contributed by atoms with E-state index in [-0.39, 0.29) is 5.56 Å². The van der Waals surface area contributed by atoms with Crippen LogP contribution in [0.2, 0.25) is 0 Å². The minimum Gasteiger partial charge on any atom is -0.478 e. The highest BCUT2D eigenvalue weighted by atomic mass is 79.9. The minimum absolute atomic E-state index is 0.285. The molecule has 20 heavy (non-hydrogen) atoms. The molecule has 4 nitrogen and oxygen atoms in total. The molecule has 2 aromatic rings. The lowest BCUT2D eigenvalue weighted by Crippen LogP contribution is -2.03. The second-order valence-corrected chi connectivity index (χ2v) is 6.52. The van der Waals surface area contributed by atoms with Gasteiger partial charge < -0.3 is 9.67 Å². The lowest BCUT2D eigenvalue weighted by Gasteiger charge is -2.11. The Balaban J connectivity index is 2.13. The van der Waals surface area contributed by atoms with Gasteiger partial charge in [-0.15, -0.1) is 11.8 Å². The molecule has 1 aromatic heterocycles. The number of carboxylic acid groups (broad SMARTS) is 1. The molecule has 0 saturated heterocycles. The van der Waals surface area contributed by atoms with Crippen molar-refractivity contribution >= 4 is 33.7 Å². The van der Waals surface area contributed by atoms with Crippen LogP contribution >= 0.6 is 27.7 Å². The number of rotatable bonds is 5. The number of carbonyl (C=O) groups is 1. The highest BCUT2D eigenvalue weighted by Gasteiger charge is 2.10. The Labute approximate surface area is 130 Å². The third-order valence-electron chi connectivity index (χ3n) is 2.86. The molecule has 0 amide bonds. The zero-order valence-corrected chi connectivity index (χ0v) is 13.6. The van der Waals surface area contributed by atoms with E-state index in [1.54, 1.807) is 23.9 Å². The second-order valence-electron chi connectivity index (χ2n) is 4.62.